The van der Waals surface area contributed by atoms with Gasteiger partial charge in [0.2, 0.25) is 0 Å². The standard InChI is InChI=1S/C16H31NO/c1-2-17(15-11-7-4-8-12-15)13-16(18)14-9-5-3-6-10-14/h14-16,18H,2-13H2,1H3. The van der Waals surface area contributed by atoms with Gasteiger partial charge in [0.15, 0.2) is 0 Å². The zero-order valence-corrected chi connectivity index (χ0v) is 12.1. The molecular weight excluding hydrogens is 222 g/mol. The molecule has 0 aromatic carbocycles. The highest BCUT2D eigenvalue weighted by molar-refractivity contribution is 4.81. The van der Waals surface area contributed by atoms with Crippen molar-refractivity contribution in [2.75, 3.05) is 13.1 Å². The second-order valence-corrected chi connectivity index (χ2v) is 6.34. The molecule has 0 aromatic heterocycles. The molecule has 1 N–H and O–H groups in total. The topological polar surface area (TPSA) is 23.5 Å². The monoisotopic (exact) mass is 253 g/mol. The van der Waals surface area contributed by atoms with Crippen LogP contribution >= 0.6 is 0 Å². The van der Waals surface area contributed by atoms with E-state index in [4.69, 9.17) is 0 Å². The minimum absolute atomic E-state index is 0.0767. The van der Waals surface area contributed by atoms with Gasteiger partial charge in [0.1, 0.15) is 0 Å². The fourth-order valence-electron chi connectivity index (χ4n) is 3.89. The summed E-state index contributed by atoms with van der Waals surface area (Å²) in [7, 11) is 0. The van der Waals surface area contributed by atoms with Crippen molar-refractivity contribution in [2.24, 2.45) is 5.92 Å². The van der Waals surface area contributed by atoms with Gasteiger partial charge in [0.25, 0.3) is 0 Å². The van der Waals surface area contributed by atoms with Gasteiger partial charge in [0.05, 0.1) is 6.10 Å². The Balaban J connectivity index is 1.80. The first-order valence-electron chi connectivity index (χ1n) is 8.23. The van der Waals surface area contributed by atoms with Gasteiger partial charge in [-0.05, 0) is 38.1 Å². The fraction of sp³-hybridized carbons (Fsp3) is 1.00. The van der Waals surface area contributed by atoms with Crippen molar-refractivity contribution in [3.05, 3.63) is 0 Å². The summed E-state index contributed by atoms with van der Waals surface area (Å²) < 4.78 is 0. The van der Waals surface area contributed by atoms with Gasteiger partial charge < -0.3 is 5.11 Å². The van der Waals surface area contributed by atoms with Gasteiger partial charge in [-0.25, -0.2) is 0 Å². The van der Waals surface area contributed by atoms with E-state index in [0.717, 1.165) is 19.1 Å². The Labute approximate surface area is 113 Å². The average Bonchev–Trinajstić information content (AvgIpc) is 2.46. The Hall–Kier alpha value is -0.0800. The molecule has 2 nitrogen and oxygen atoms in total. The number of aliphatic hydroxyl groups is 1. The van der Waals surface area contributed by atoms with Crippen LogP contribution < -0.4 is 0 Å². The summed E-state index contributed by atoms with van der Waals surface area (Å²) in [5.74, 6) is 0.580. The van der Waals surface area contributed by atoms with Crippen LogP contribution in [0, 0.1) is 5.92 Å². The molecule has 0 heterocycles. The molecule has 2 saturated carbocycles. The van der Waals surface area contributed by atoms with Gasteiger partial charge in [-0.1, -0.05) is 45.4 Å². The van der Waals surface area contributed by atoms with Gasteiger partial charge in [-0.2, -0.15) is 0 Å². The van der Waals surface area contributed by atoms with Crippen LogP contribution in [0.4, 0.5) is 0 Å². The van der Waals surface area contributed by atoms with E-state index < -0.39 is 0 Å². The second-order valence-electron chi connectivity index (χ2n) is 6.34. The van der Waals surface area contributed by atoms with Gasteiger partial charge in [-0.15, -0.1) is 0 Å². The Morgan fingerprint density at radius 1 is 0.944 bits per heavy atom. The maximum atomic E-state index is 10.5. The molecule has 1 atom stereocenters. The molecule has 2 aliphatic carbocycles. The maximum Gasteiger partial charge on any atom is 0.0695 e. The number of likely N-dealkylation sites (N-methyl/N-ethyl adjacent to an activating group) is 1. The first-order valence-corrected chi connectivity index (χ1v) is 8.23. The summed E-state index contributed by atoms with van der Waals surface area (Å²) in [5, 5.41) is 10.5. The van der Waals surface area contributed by atoms with Crippen molar-refractivity contribution < 1.29 is 5.11 Å². The molecule has 0 radical (unpaired) electrons. The van der Waals surface area contributed by atoms with Crippen molar-refractivity contribution in [1.82, 2.24) is 4.90 Å². The average molecular weight is 253 g/mol. The molecule has 2 heteroatoms. The highest BCUT2D eigenvalue weighted by Crippen LogP contribution is 2.28. The Morgan fingerprint density at radius 3 is 2.06 bits per heavy atom. The largest absolute Gasteiger partial charge is 0.392 e. The van der Waals surface area contributed by atoms with E-state index in [1.165, 1.54) is 64.2 Å². The minimum atomic E-state index is -0.0767. The van der Waals surface area contributed by atoms with Crippen LogP contribution in [0.3, 0.4) is 0 Å². The summed E-state index contributed by atoms with van der Waals surface area (Å²) in [6.45, 7) is 4.28. The summed E-state index contributed by atoms with van der Waals surface area (Å²) in [6, 6.07) is 0.752. The predicted molar refractivity (Wildman–Crippen MR) is 76.7 cm³/mol. The van der Waals surface area contributed by atoms with Crippen molar-refractivity contribution in [1.29, 1.82) is 0 Å². The summed E-state index contributed by atoms with van der Waals surface area (Å²) in [5.41, 5.74) is 0. The lowest BCUT2D eigenvalue weighted by atomic mass is 9.84. The molecule has 0 aliphatic heterocycles. The lowest BCUT2D eigenvalue weighted by Crippen LogP contribution is -2.43. The number of aliphatic hydroxyl groups excluding tert-OH is 1. The molecule has 2 aliphatic rings. The van der Waals surface area contributed by atoms with E-state index in [9.17, 15) is 5.11 Å². The molecule has 0 saturated heterocycles. The lowest BCUT2D eigenvalue weighted by Gasteiger charge is -2.37. The van der Waals surface area contributed by atoms with E-state index in [2.05, 4.69) is 11.8 Å². The van der Waals surface area contributed by atoms with Crippen molar-refractivity contribution in [3.63, 3.8) is 0 Å². The van der Waals surface area contributed by atoms with Crippen LogP contribution in [-0.2, 0) is 0 Å². The van der Waals surface area contributed by atoms with E-state index in [-0.39, 0.29) is 6.10 Å². The zero-order chi connectivity index (χ0) is 12.8. The predicted octanol–water partition coefficient (Wildman–Crippen LogP) is 3.58. The van der Waals surface area contributed by atoms with Gasteiger partial charge >= 0.3 is 0 Å². The van der Waals surface area contributed by atoms with Crippen molar-refractivity contribution in [3.8, 4) is 0 Å². The third-order valence-electron chi connectivity index (χ3n) is 5.11. The first-order chi connectivity index (χ1) is 8.81. The number of hydrogen-bond donors (Lipinski definition) is 1. The van der Waals surface area contributed by atoms with Crippen LogP contribution in [0.5, 0.6) is 0 Å². The number of rotatable bonds is 5. The zero-order valence-electron chi connectivity index (χ0n) is 12.1. The van der Waals surface area contributed by atoms with Gasteiger partial charge in [0, 0.05) is 12.6 Å². The number of nitrogens with zero attached hydrogens (tertiary/aromatic N) is 1. The van der Waals surface area contributed by atoms with E-state index >= 15 is 0 Å². The molecule has 0 amide bonds. The van der Waals surface area contributed by atoms with Crippen LogP contribution in [-0.4, -0.2) is 35.2 Å². The van der Waals surface area contributed by atoms with Gasteiger partial charge in [-0.3, -0.25) is 4.90 Å². The molecule has 0 bridgehead atoms. The smallest absolute Gasteiger partial charge is 0.0695 e. The Morgan fingerprint density at radius 2 is 1.50 bits per heavy atom. The highest BCUT2D eigenvalue weighted by atomic mass is 16.3. The lowest BCUT2D eigenvalue weighted by molar-refractivity contribution is 0.0286. The highest BCUT2D eigenvalue weighted by Gasteiger charge is 2.26. The normalized spacial score (nSPS) is 25.5. The Kier molecular flexibility index (Phi) is 5.97. The third-order valence-corrected chi connectivity index (χ3v) is 5.11. The molecular formula is C16H31NO. The Bertz CT molecular complexity index is 219. The third kappa shape index (κ3) is 3.96. The van der Waals surface area contributed by atoms with Crippen LogP contribution in [0.25, 0.3) is 0 Å². The summed E-state index contributed by atoms with van der Waals surface area (Å²) in [4.78, 5) is 2.55. The molecule has 2 rings (SSSR count). The second kappa shape index (κ2) is 7.49. The minimum Gasteiger partial charge on any atom is -0.392 e. The molecule has 0 spiro atoms. The first kappa shape index (κ1) is 14.3. The SMILES string of the molecule is CCN(CC(O)C1CCCCC1)C1CCCCC1. The van der Waals surface area contributed by atoms with E-state index in [1.54, 1.807) is 0 Å². The quantitative estimate of drug-likeness (QED) is 0.809. The maximum absolute atomic E-state index is 10.5. The van der Waals surface area contributed by atoms with E-state index in [0.29, 0.717) is 5.92 Å². The summed E-state index contributed by atoms with van der Waals surface area (Å²) in [6.07, 6.45) is 13.4. The van der Waals surface area contributed by atoms with Crippen LogP contribution in [0.1, 0.15) is 71.1 Å². The molecule has 18 heavy (non-hydrogen) atoms. The summed E-state index contributed by atoms with van der Waals surface area (Å²) >= 11 is 0. The van der Waals surface area contributed by atoms with E-state index in [1.807, 2.05) is 0 Å². The molecule has 0 aromatic rings. The van der Waals surface area contributed by atoms with Crippen molar-refractivity contribution >= 4 is 0 Å². The molecule has 106 valence electrons. The van der Waals surface area contributed by atoms with Crippen LogP contribution in [0.15, 0.2) is 0 Å². The number of hydrogen-bond acceptors (Lipinski definition) is 2. The van der Waals surface area contributed by atoms with Crippen LogP contribution in [0.2, 0.25) is 0 Å². The fourth-order valence-corrected chi connectivity index (χ4v) is 3.89. The molecule has 1 unspecified atom stereocenters. The molecule has 2 fully saturated rings. The van der Waals surface area contributed by atoms with Crippen molar-refractivity contribution in [2.45, 2.75) is 83.3 Å².